The van der Waals surface area contributed by atoms with Gasteiger partial charge in [-0.25, -0.2) is 4.39 Å². The molecule has 0 fully saturated rings. The van der Waals surface area contributed by atoms with E-state index < -0.39 is 12.0 Å². The molecule has 0 aromatic heterocycles. The maximum absolute atomic E-state index is 12.5. The zero-order valence-corrected chi connectivity index (χ0v) is 8.33. The summed E-state index contributed by atoms with van der Waals surface area (Å²) in [4.78, 5) is 10.6. The SMILES string of the molecule is CNC(CNc1ccc(F)cc1)C(=O)O. The Morgan fingerprint density at radius 1 is 1.47 bits per heavy atom. The van der Waals surface area contributed by atoms with E-state index in [4.69, 9.17) is 5.11 Å². The third kappa shape index (κ3) is 3.55. The van der Waals surface area contributed by atoms with Gasteiger partial charge in [0.2, 0.25) is 0 Å². The molecule has 0 heterocycles. The van der Waals surface area contributed by atoms with E-state index >= 15 is 0 Å². The van der Waals surface area contributed by atoms with Crippen LogP contribution in [0.3, 0.4) is 0 Å². The van der Waals surface area contributed by atoms with E-state index in [1.165, 1.54) is 12.1 Å². The van der Waals surface area contributed by atoms with Crippen LogP contribution in [0.25, 0.3) is 0 Å². The lowest BCUT2D eigenvalue weighted by atomic mass is 10.2. The summed E-state index contributed by atoms with van der Waals surface area (Å²) in [5.41, 5.74) is 0.693. The number of rotatable bonds is 5. The number of aliphatic carboxylic acids is 1. The number of hydrogen-bond donors (Lipinski definition) is 3. The van der Waals surface area contributed by atoms with Crippen molar-refractivity contribution in [2.75, 3.05) is 18.9 Å². The van der Waals surface area contributed by atoms with Gasteiger partial charge in [0, 0.05) is 12.2 Å². The summed E-state index contributed by atoms with van der Waals surface area (Å²) in [6, 6.07) is 5.10. The molecule has 0 saturated heterocycles. The average Bonchev–Trinajstić information content (AvgIpc) is 2.21. The minimum atomic E-state index is -0.924. The van der Waals surface area contributed by atoms with E-state index in [9.17, 15) is 9.18 Å². The van der Waals surface area contributed by atoms with Crippen LogP contribution in [0.15, 0.2) is 24.3 Å². The molecule has 3 N–H and O–H groups in total. The highest BCUT2D eigenvalue weighted by molar-refractivity contribution is 5.74. The van der Waals surface area contributed by atoms with Gasteiger partial charge in [-0.2, -0.15) is 0 Å². The molecule has 0 bridgehead atoms. The molecule has 0 spiro atoms. The Labute approximate surface area is 87.1 Å². The summed E-state index contributed by atoms with van der Waals surface area (Å²) < 4.78 is 12.5. The second-order valence-corrected chi connectivity index (χ2v) is 3.07. The standard InChI is InChI=1S/C10H13FN2O2/c1-12-9(10(14)15)6-13-8-4-2-7(11)3-5-8/h2-5,9,12-13H,6H2,1H3,(H,14,15). The monoisotopic (exact) mass is 212 g/mol. The third-order valence-corrected chi connectivity index (χ3v) is 2.00. The number of carboxylic acid groups (broad SMARTS) is 1. The molecule has 4 nitrogen and oxygen atoms in total. The van der Waals surface area contributed by atoms with E-state index in [0.717, 1.165) is 0 Å². The number of carbonyl (C=O) groups is 1. The number of hydrogen-bond acceptors (Lipinski definition) is 3. The molecule has 0 aliphatic rings. The van der Waals surface area contributed by atoms with Gasteiger partial charge in [0.1, 0.15) is 11.9 Å². The second kappa shape index (κ2) is 5.31. The van der Waals surface area contributed by atoms with Crippen LogP contribution in [0.2, 0.25) is 0 Å². The van der Waals surface area contributed by atoms with Crippen molar-refractivity contribution in [2.24, 2.45) is 0 Å². The van der Waals surface area contributed by atoms with Crippen LogP contribution in [0.5, 0.6) is 0 Å². The number of nitrogens with one attached hydrogen (secondary N) is 2. The van der Waals surface area contributed by atoms with Crippen molar-refractivity contribution in [2.45, 2.75) is 6.04 Å². The Kier molecular flexibility index (Phi) is 4.05. The molecule has 1 unspecified atom stereocenters. The number of carboxylic acids is 1. The maximum atomic E-state index is 12.5. The average molecular weight is 212 g/mol. The summed E-state index contributed by atoms with van der Waals surface area (Å²) >= 11 is 0. The minimum Gasteiger partial charge on any atom is -0.480 e. The molecule has 0 saturated carbocycles. The van der Waals surface area contributed by atoms with Gasteiger partial charge in [-0.05, 0) is 31.3 Å². The van der Waals surface area contributed by atoms with Crippen LogP contribution >= 0.6 is 0 Å². The van der Waals surface area contributed by atoms with Gasteiger partial charge in [-0.15, -0.1) is 0 Å². The van der Waals surface area contributed by atoms with E-state index in [0.29, 0.717) is 5.69 Å². The molecule has 15 heavy (non-hydrogen) atoms. The lowest BCUT2D eigenvalue weighted by Crippen LogP contribution is -2.39. The van der Waals surface area contributed by atoms with Gasteiger partial charge in [0.05, 0.1) is 0 Å². The number of anilines is 1. The van der Waals surface area contributed by atoms with E-state index in [1.54, 1.807) is 19.2 Å². The normalized spacial score (nSPS) is 12.1. The van der Waals surface area contributed by atoms with Crippen LogP contribution in [0.1, 0.15) is 0 Å². The van der Waals surface area contributed by atoms with Crippen molar-refractivity contribution >= 4 is 11.7 Å². The van der Waals surface area contributed by atoms with Crippen LogP contribution in [-0.2, 0) is 4.79 Å². The summed E-state index contributed by atoms with van der Waals surface area (Å²) in [6.45, 7) is 0.247. The first-order valence-corrected chi connectivity index (χ1v) is 4.53. The van der Waals surface area contributed by atoms with Crippen LogP contribution in [0.4, 0.5) is 10.1 Å². The van der Waals surface area contributed by atoms with Crippen molar-refractivity contribution in [1.82, 2.24) is 5.32 Å². The lowest BCUT2D eigenvalue weighted by molar-refractivity contribution is -0.138. The predicted molar refractivity (Wildman–Crippen MR) is 55.4 cm³/mol. The molecule has 0 radical (unpaired) electrons. The molecular weight excluding hydrogens is 199 g/mol. The van der Waals surface area contributed by atoms with Crippen molar-refractivity contribution < 1.29 is 14.3 Å². The van der Waals surface area contributed by atoms with E-state index in [2.05, 4.69) is 10.6 Å². The molecule has 1 atom stereocenters. The lowest BCUT2D eigenvalue weighted by Gasteiger charge is -2.12. The second-order valence-electron chi connectivity index (χ2n) is 3.07. The maximum Gasteiger partial charge on any atom is 0.322 e. The zero-order valence-electron chi connectivity index (χ0n) is 8.33. The molecule has 1 aromatic rings. The predicted octanol–water partition coefficient (Wildman–Crippen LogP) is 0.910. The Bertz CT molecular complexity index is 327. The van der Waals surface area contributed by atoms with Gasteiger partial charge in [0.25, 0.3) is 0 Å². The fraction of sp³-hybridized carbons (Fsp3) is 0.300. The van der Waals surface area contributed by atoms with Crippen LogP contribution in [-0.4, -0.2) is 30.7 Å². The quantitative estimate of drug-likeness (QED) is 0.679. The molecule has 0 amide bonds. The van der Waals surface area contributed by atoms with Gasteiger partial charge >= 0.3 is 5.97 Å². The van der Waals surface area contributed by atoms with E-state index in [-0.39, 0.29) is 12.4 Å². The topological polar surface area (TPSA) is 61.4 Å². The summed E-state index contributed by atoms with van der Waals surface area (Å²) in [5, 5.41) is 14.3. The highest BCUT2D eigenvalue weighted by Gasteiger charge is 2.13. The van der Waals surface area contributed by atoms with Crippen molar-refractivity contribution in [3.05, 3.63) is 30.1 Å². The number of benzene rings is 1. The smallest absolute Gasteiger partial charge is 0.322 e. The minimum absolute atomic E-state index is 0.247. The van der Waals surface area contributed by atoms with Gasteiger partial charge < -0.3 is 15.7 Å². The number of halogens is 1. The molecule has 1 aromatic carbocycles. The van der Waals surface area contributed by atoms with Crippen molar-refractivity contribution in [3.8, 4) is 0 Å². The Balaban J connectivity index is 2.49. The first kappa shape index (κ1) is 11.5. The van der Waals surface area contributed by atoms with Gasteiger partial charge in [-0.3, -0.25) is 4.79 Å². The molecule has 0 aliphatic heterocycles. The molecule has 1 rings (SSSR count). The molecule has 5 heteroatoms. The van der Waals surface area contributed by atoms with Crippen molar-refractivity contribution in [1.29, 1.82) is 0 Å². The molecule has 0 aliphatic carbocycles. The van der Waals surface area contributed by atoms with Crippen molar-refractivity contribution in [3.63, 3.8) is 0 Å². The summed E-state index contributed by atoms with van der Waals surface area (Å²) in [6.07, 6.45) is 0. The molecule has 82 valence electrons. The summed E-state index contributed by atoms with van der Waals surface area (Å²) in [7, 11) is 1.57. The van der Waals surface area contributed by atoms with Gasteiger partial charge in [-0.1, -0.05) is 0 Å². The van der Waals surface area contributed by atoms with Crippen LogP contribution in [0, 0.1) is 5.82 Å². The Morgan fingerprint density at radius 3 is 2.53 bits per heavy atom. The zero-order chi connectivity index (χ0) is 11.3. The summed E-state index contributed by atoms with van der Waals surface area (Å²) in [5.74, 6) is -1.24. The van der Waals surface area contributed by atoms with E-state index in [1.807, 2.05) is 0 Å². The number of likely N-dealkylation sites (N-methyl/N-ethyl adjacent to an activating group) is 1. The Hall–Kier alpha value is -1.62. The highest BCUT2D eigenvalue weighted by atomic mass is 19.1. The van der Waals surface area contributed by atoms with Crippen LogP contribution < -0.4 is 10.6 Å². The first-order valence-electron chi connectivity index (χ1n) is 4.53. The first-order chi connectivity index (χ1) is 7.13. The Morgan fingerprint density at radius 2 is 2.07 bits per heavy atom. The highest BCUT2D eigenvalue weighted by Crippen LogP contribution is 2.07. The fourth-order valence-electron chi connectivity index (χ4n) is 1.10. The fourth-order valence-corrected chi connectivity index (χ4v) is 1.10. The molecular formula is C10H13FN2O2. The largest absolute Gasteiger partial charge is 0.480 e. The third-order valence-electron chi connectivity index (χ3n) is 2.00. The van der Waals surface area contributed by atoms with Gasteiger partial charge in [0.15, 0.2) is 0 Å².